The third-order valence-corrected chi connectivity index (χ3v) is 3.59. The summed E-state index contributed by atoms with van der Waals surface area (Å²) in [7, 11) is 0. The van der Waals surface area contributed by atoms with Crippen molar-refractivity contribution in [3.63, 3.8) is 0 Å². The van der Waals surface area contributed by atoms with Crippen molar-refractivity contribution < 1.29 is 5.11 Å². The summed E-state index contributed by atoms with van der Waals surface area (Å²) in [5.74, 6) is 0.956. The molecule has 0 saturated carbocycles. The second-order valence-electron chi connectivity index (χ2n) is 5.17. The predicted molar refractivity (Wildman–Crippen MR) is 66.4 cm³/mol. The van der Waals surface area contributed by atoms with E-state index >= 15 is 0 Å². The van der Waals surface area contributed by atoms with Gasteiger partial charge in [-0.15, -0.1) is 0 Å². The van der Waals surface area contributed by atoms with E-state index in [-0.39, 0.29) is 6.10 Å². The van der Waals surface area contributed by atoms with E-state index in [4.69, 9.17) is 5.73 Å². The summed E-state index contributed by atoms with van der Waals surface area (Å²) >= 11 is 0. The molecule has 0 amide bonds. The standard InChI is InChI=1S/C14H21NO/c1-9(2)11-3-4-12-5-10(8-15)6-14(16)13(12)7-11/h3-4,7,9-10,14,16H,5-6,8,15H2,1-2H3. The van der Waals surface area contributed by atoms with Crippen LogP contribution in [0.4, 0.5) is 0 Å². The molecular weight excluding hydrogens is 198 g/mol. The summed E-state index contributed by atoms with van der Waals surface area (Å²) < 4.78 is 0. The number of fused-ring (bicyclic) bond motifs is 1. The number of aliphatic hydroxyl groups excluding tert-OH is 1. The van der Waals surface area contributed by atoms with E-state index in [1.165, 1.54) is 11.1 Å². The van der Waals surface area contributed by atoms with Gasteiger partial charge in [0.25, 0.3) is 0 Å². The second-order valence-corrected chi connectivity index (χ2v) is 5.17. The van der Waals surface area contributed by atoms with E-state index in [0.29, 0.717) is 18.4 Å². The van der Waals surface area contributed by atoms with Crippen LogP contribution in [-0.4, -0.2) is 11.7 Å². The van der Waals surface area contributed by atoms with E-state index in [9.17, 15) is 5.11 Å². The Balaban J connectivity index is 2.33. The Morgan fingerprint density at radius 1 is 1.44 bits per heavy atom. The van der Waals surface area contributed by atoms with Crippen molar-refractivity contribution in [3.05, 3.63) is 34.9 Å². The fourth-order valence-electron chi connectivity index (χ4n) is 2.49. The Morgan fingerprint density at radius 3 is 2.81 bits per heavy atom. The van der Waals surface area contributed by atoms with Crippen LogP contribution in [0, 0.1) is 5.92 Å². The lowest BCUT2D eigenvalue weighted by Crippen LogP contribution is -2.25. The van der Waals surface area contributed by atoms with Gasteiger partial charge in [-0.05, 0) is 47.9 Å². The molecule has 0 spiro atoms. The third-order valence-electron chi connectivity index (χ3n) is 3.59. The molecule has 0 aromatic heterocycles. The lowest BCUT2D eigenvalue weighted by molar-refractivity contribution is 0.133. The zero-order chi connectivity index (χ0) is 11.7. The maximum Gasteiger partial charge on any atom is 0.0796 e. The van der Waals surface area contributed by atoms with Crippen LogP contribution >= 0.6 is 0 Å². The molecule has 2 nitrogen and oxygen atoms in total. The molecule has 0 bridgehead atoms. The maximum absolute atomic E-state index is 10.1. The number of aliphatic hydroxyl groups is 1. The molecule has 1 aliphatic rings. The number of rotatable bonds is 2. The molecule has 0 radical (unpaired) electrons. The van der Waals surface area contributed by atoms with Gasteiger partial charge in [-0.1, -0.05) is 32.0 Å². The highest BCUT2D eigenvalue weighted by Crippen LogP contribution is 2.34. The summed E-state index contributed by atoms with van der Waals surface area (Å²) in [6.07, 6.45) is 1.50. The highest BCUT2D eigenvalue weighted by atomic mass is 16.3. The minimum absolute atomic E-state index is 0.323. The summed E-state index contributed by atoms with van der Waals surface area (Å²) in [5, 5.41) is 10.1. The lowest BCUT2D eigenvalue weighted by Gasteiger charge is -2.28. The second kappa shape index (κ2) is 4.56. The van der Waals surface area contributed by atoms with Gasteiger partial charge in [0.15, 0.2) is 0 Å². The Morgan fingerprint density at radius 2 is 2.19 bits per heavy atom. The van der Waals surface area contributed by atoms with Crippen LogP contribution in [-0.2, 0) is 6.42 Å². The first-order chi connectivity index (χ1) is 7.61. The SMILES string of the molecule is CC(C)c1ccc2c(c1)C(O)CC(CN)C2. The van der Waals surface area contributed by atoms with Crippen LogP contribution in [0.2, 0.25) is 0 Å². The summed E-state index contributed by atoms with van der Waals surface area (Å²) in [6, 6.07) is 6.50. The van der Waals surface area contributed by atoms with Gasteiger partial charge in [0, 0.05) is 0 Å². The van der Waals surface area contributed by atoms with Crippen LogP contribution < -0.4 is 5.73 Å². The first kappa shape index (κ1) is 11.6. The van der Waals surface area contributed by atoms with Crippen molar-refractivity contribution in [3.8, 4) is 0 Å². The normalized spacial score (nSPS) is 24.6. The number of nitrogens with two attached hydrogens (primary N) is 1. The number of hydrogen-bond donors (Lipinski definition) is 2. The van der Waals surface area contributed by atoms with Crippen molar-refractivity contribution >= 4 is 0 Å². The molecule has 2 rings (SSSR count). The van der Waals surface area contributed by atoms with Gasteiger partial charge >= 0.3 is 0 Å². The largest absolute Gasteiger partial charge is 0.388 e. The van der Waals surface area contributed by atoms with Crippen LogP contribution in [0.25, 0.3) is 0 Å². The van der Waals surface area contributed by atoms with Crippen molar-refractivity contribution in [1.82, 2.24) is 0 Å². The van der Waals surface area contributed by atoms with Gasteiger partial charge in [-0.3, -0.25) is 0 Å². The highest BCUT2D eigenvalue weighted by Gasteiger charge is 2.24. The molecule has 1 aromatic rings. The molecule has 16 heavy (non-hydrogen) atoms. The molecule has 1 aliphatic carbocycles. The predicted octanol–water partition coefficient (Wildman–Crippen LogP) is 2.36. The lowest BCUT2D eigenvalue weighted by atomic mass is 9.80. The van der Waals surface area contributed by atoms with Crippen molar-refractivity contribution in [2.45, 2.75) is 38.7 Å². The fourth-order valence-corrected chi connectivity index (χ4v) is 2.49. The number of hydrogen-bond acceptors (Lipinski definition) is 2. The van der Waals surface area contributed by atoms with Gasteiger partial charge in [-0.25, -0.2) is 0 Å². The Kier molecular flexibility index (Phi) is 3.31. The molecule has 3 N–H and O–H groups in total. The maximum atomic E-state index is 10.1. The highest BCUT2D eigenvalue weighted by molar-refractivity contribution is 5.37. The quantitative estimate of drug-likeness (QED) is 0.802. The number of benzene rings is 1. The smallest absolute Gasteiger partial charge is 0.0796 e. The zero-order valence-electron chi connectivity index (χ0n) is 10.1. The van der Waals surface area contributed by atoms with Crippen LogP contribution in [0.3, 0.4) is 0 Å². The topological polar surface area (TPSA) is 46.2 Å². The molecule has 0 saturated heterocycles. The Labute approximate surface area is 97.5 Å². The minimum atomic E-state index is -0.323. The van der Waals surface area contributed by atoms with Gasteiger partial charge in [0.2, 0.25) is 0 Å². The molecule has 2 heteroatoms. The van der Waals surface area contributed by atoms with Gasteiger partial charge in [-0.2, -0.15) is 0 Å². The Bertz CT molecular complexity index is 373. The Hall–Kier alpha value is -0.860. The average Bonchev–Trinajstić information content (AvgIpc) is 2.28. The molecule has 2 atom stereocenters. The molecule has 1 aromatic carbocycles. The summed E-state index contributed by atoms with van der Waals surface area (Å²) in [4.78, 5) is 0. The first-order valence-corrected chi connectivity index (χ1v) is 6.12. The molecular formula is C14H21NO. The van der Waals surface area contributed by atoms with Crippen LogP contribution in [0.1, 0.15) is 49.0 Å². The molecule has 0 heterocycles. The minimum Gasteiger partial charge on any atom is -0.388 e. The zero-order valence-corrected chi connectivity index (χ0v) is 10.1. The fraction of sp³-hybridized carbons (Fsp3) is 0.571. The molecule has 88 valence electrons. The van der Waals surface area contributed by atoms with Crippen LogP contribution in [0.5, 0.6) is 0 Å². The molecule has 0 aliphatic heterocycles. The monoisotopic (exact) mass is 219 g/mol. The van der Waals surface area contributed by atoms with E-state index in [0.717, 1.165) is 18.4 Å². The van der Waals surface area contributed by atoms with Crippen molar-refractivity contribution in [2.24, 2.45) is 11.7 Å². The van der Waals surface area contributed by atoms with E-state index < -0.39 is 0 Å². The van der Waals surface area contributed by atoms with Crippen LogP contribution in [0.15, 0.2) is 18.2 Å². The van der Waals surface area contributed by atoms with E-state index in [1.54, 1.807) is 0 Å². The average molecular weight is 219 g/mol. The van der Waals surface area contributed by atoms with E-state index in [2.05, 4.69) is 32.0 Å². The van der Waals surface area contributed by atoms with Gasteiger partial charge in [0.1, 0.15) is 0 Å². The summed E-state index contributed by atoms with van der Waals surface area (Å²) in [6.45, 7) is 5.03. The van der Waals surface area contributed by atoms with Crippen molar-refractivity contribution in [2.75, 3.05) is 6.54 Å². The molecule has 2 unspecified atom stereocenters. The van der Waals surface area contributed by atoms with Gasteiger partial charge < -0.3 is 10.8 Å². The van der Waals surface area contributed by atoms with Crippen molar-refractivity contribution in [1.29, 1.82) is 0 Å². The first-order valence-electron chi connectivity index (χ1n) is 6.12. The summed E-state index contributed by atoms with van der Waals surface area (Å²) in [5.41, 5.74) is 9.40. The van der Waals surface area contributed by atoms with E-state index in [1.807, 2.05) is 0 Å². The molecule has 0 fully saturated rings. The van der Waals surface area contributed by atoms with Gasteiger partial charge in [0.05, 0.1) is 6.10 Å². The third kappa shape index (κ3) is 2.13.